The highest BCUT2D eigenvalue weighted by molar-refractivity contribution is 5.85. The summed E-state index contributed by atoms with van der Waals surface area (Å²) in [6.45, 7) is 1.97. The van der Waals surface area contributed by atoms with Gasteiger partial charge in [0.25, 0.3) is 0 Å². The van der Waals surface area contributed by atoms with E-state index in [9.17, 15) is 4.79 Å². The van der Waals surface area contributed by atoms with Gasteiger partial charge >= 0.3 is 0 Å². The first-order valence-electron chi connectivity index (χ1n) is 8.57. The second-order valence-electron chi connectivity index (χ2n) is 6.63. The average Bonchev–Trinajstić information content (AvgIpc) is 3.09. The molecule has 1 unspecified atom stereocenters. The third kappa shape index (κ3) is 4.37. The summed E-state index contributed by atoms with van der Waals surface area (Å²) in [7, 11) is 1.54. The van der Waals surface area contributed by atoms with Gasteiger partial charge in [-0.3, -0.25) is 4.79 Å². The lowest BCUT2D eigenvalue weighted by Gasteiger charge is -2.31. The summed E-state index contributed by atoms with van der Waals surface area (Å²) < 4.78 is 16.3. The smallest absolute Gasteiger partial charge is 0.239 e. The van der Waals surface area contributed by atoms with Crippen LogP contribution < -0.4 is 20.5 Å². The minimum absolute atomic E-state index is 0. The Morgan fingerprint density at radius 2 is 1.96 bits per heavy atom. The average molecular weight is 371 g/mol. The molecule has 0 saturated heterocycles. The monoisotopic (exact) mass is 370 g/mol. The van der Waals surface area contributed by atoms with E-state index in [0.717, 1.165) is 37.2 Å². The number of benzene rings is 1. The highest BCUT2D eigenvalue weighted by Gasteiger charge is 2.37. The molecule has 1 amide bonds. The fourth-order valence-corrected chi connectivity index (χ4v) is 3.64. The lowest BCUT2D eigenvalue weighted by molar-refractivity contribution is -0.123. The molecule has 7 heteroatoms. The molecule has 3 rings (SSSR count). The van der Waals surface area contributed by atoms with Crippen molar-refractivity contribution in [1.29, 1.82) is 0 Å². The van der Waals surface area contributed by atoms with Gasteiger partial charge in [0.1, 0.15) is 19.3 Å². The van der Waals surface area contributed by atoms with Crippen LogP contribution in [0.5, 0.6) is 11.5 Å². The van der Waals surface area contributed by atoms with Gasteiger partial charge in [0.15, 0.2) is 11.5 Å². The Labute approximate surface area is 154 Å². The number of hydrogen-bond acceptors (Lipinski definition) is 5. The van der Waals surface area contributed by atoms with Gasteiger partial charge in [-0.1, -0.05) is 18.9 Å². The first-order chi connectivity index (χ1) is 11.6. The normalized spacial score (nSPS) is 19.0. The highest BCUT2D eigenvalue weighted by atomic mass is 35.5. The number of halogens is 1. The van der Waals surface area contributed by atoms with Gasteiger partial charge in [-0.25, -0.2) is 0 Å². The molecule has 0 aromatic heterocycles. The largest absolute Gasteiger partial charge is 0.486 e. The van der Waals surface area contributed by atoms with Gasteiger partial charge in [-0.05, 0) is 30.5 Å². The Morgan fingerprint density at radius 3 is 2.64 bits per heavy atom. The molecule has 2 aliphatic rings. The molecule has 1 aromatic rings. The maximum absolute atomic E-state index is 12.1. The molecule has 1 aromatic carbocycles. The summed E-state index contributed by atoms with van der Waals surface area (Å²) >= 11 is 0. The van der Waals surface area contributed by atoms with E-state index in [1.54, 1.807) is 7.11 Å². The van der Waals surface area contributed by atoms with Crippen molar-refractivity contribution in [2.24, 2.45) is 5.73 Å². The number of amides is 1. The van der Waals surface area contributed by atoms with Crippen LogP contribution in [0.25, 0.3) is 0 Å². The Morgan fingerprint density at radius 1 is 1.28 bits per heavy atom. The quantitative estimate of drug-likeness (QED) is 0.797. The lowest BCUT2D eigenvalue weighted by atomic mass is 9.78. The van der Waals surface area contributed by atoms with Crippen LogP contribution in [0, 0.1) is 0 Å². The SMILES string of the molecule is COCC(N)C(=O)NCC1(c2ccc3c(c2)OCCO3)CCCC1.Cl. The van der Waals surface area contributed by atoms with E-state index in [1.165, 1.54) is 5.56 Å². The van der Waals surface area contributed by atoms with Crippen molar-refractivity contribution in [2.75, 3.05) is 33.5 Å². The second kappa shape index (κ2) is 8.74. The minimum atomic E-state index is -0.631. The molecular weight excluding hydrogens is 344 g/mol. The van der Waals surface area contributed by atoms with Crippen LogP contribution in [0.3, 0.4) is 0 Å². The zero-order valence-electron chi connectivity index (χ0n) is 14.6. The molecule has 1 heterocycles. The van der Waals surface area contributed by atoms with Crippen LogP contribution >= 0.6 is 12.4 Å². The summed E-state index contributed by atoms with van der Waals surface area (Å²) in [4.78, 5) is 12.1. The second-order valence-corrected chi connectivity index (χ2v) is 6.63. The van der Waals surface area contributed by atoms with Crippen molar-refractivity contribution in [1.82, 2.24) is 5.32 Å². The lowest BCUT2D eigenvalue weighted by Crippen LogP contribution is -2.47. The Bertz CT molecular complexity index is 590. The molecule has 1 fully saturated rings. The molecule has 1 aliphatic carbocycles. The predicted molar refractivity (Wildman–Crippen MR) is 97.7 cm³/mol. The molecule has 1 saturated carbocycles. The van der Waals surface area contributed by atoms with E-state index in [4.69, 9.17) is 19.9 Å². The summed E-state index contributed by atoms with van der Waals surface area (Å²) in [5, 5.41) is 3.01. The Hall–Kier alpha value is -1.50. The van der Waals surface area contributed by atoms with E-state index in [1.807, 2.05) is 6.07 Å². The minimum Gasteiger partial charge on any atom is -0.486 e. The third-order valence-corrected chi connectivity index (χ3v) is 5.00. The van der Waals surface area contributed by atoms with Gasteiger partial charge < -0.3 is 25.3 Å². The Kier molecular flexibility index (Phi) is 6.93. The van der Waals surface area contributed by atoms with Crippen molar-refractivity contribution < 1.29 is 19.0 Å². The molecule has 0 bridgehead atoms. The fourth-order valence-electron chi connectivity index (χ4n) is 3.64. The summed E-state index contributed by atoms with van der Waals surface area (Å²) in [6.07, 6.45) is 4.42. The molecular formula is C18H27ClN2O4. The number of methoxy groups -OCH3 is 1. The van der Waals surface area contributed by atoms with Crippen LogP contribution in [0.1, 0.15) is 31.2 Å². The van der Waals surface area contributed by atoms with Crippen LogP contribution in [0.15, 0.2) is 18.2 Å². The summed E-state index contributed by atoms with van der Waals surface area (Å²) in [5.41, 5.74) is 6.95. The highest BCUT2D eigenvalue weighted by Crippen LogP contribution is 2.43. The molecule has 1 atom stereocenters. The summed E-state index contributed by atoms with van der Waals surface area (Å²) in [6, 6.07) is 5.51. The predicted octanol–water partition coefficient (Wildman–Crippen LogP) is 1.78. The van der Waals surface area contributed by atoms with Crippen LogP contribution in [0.2, 0.25) is 0 Å². The fraction of sp³-hybridized carbons (Fsp3) is 0.611. The molecule has 6 nitrogen and oxygen atoms in total. The molecule has 1 aliphatic heterocycles. The van der Waals surface area contributed by atoms with E-state index in [-0.39, 0.29) is 30.3 Å². The van der Waals surface area contributed by atoms with E-state index >= 15 is 0 Å². The molecule has 3 N–H and O–H groups in total. The molecule has 0 radical (unpaired) electrons. The maximum atomic E-state index is 12.1. The van der Waals surface area contributed by atoms with Crippen molar-refractivity contribution in [2.45, 2.75) is 37.1 Å². The number of carbonyl (C=O) groups excluding carboxylic acids is 1. The van der Waals surface area contributed by atoms with Crippen molar-refractivity contribution in [3.63, 3.8) is 0 Å². The van der Waals surface area contributed by atoms with Crippen molar-refractivity contribution in [3.05, 3.63) is 23.8 Å². The van der Waals surface area contributed by atoms with E-state index in [0.29, 0.717) is 19.8 Å². The standard InChI is InChI=1S/C18H26N2O4.ClH/c1-22-11-14(19)17(21)20-12-18(6-2-3-7-18)13-4-5-15-16(10-13)24-9-8-23-15;/h4-5,10,14H,2-3,6-9,11-12,19H2,1H3,(H,20,21);1H. The van der Waals surface area contributed by atoms with Crippen LogP contribution in [-0.2, 0) is 14.9 Å². The van der Waals surface area contributed by atoms with Gasteiger partial charge in [0.2, 0.25) is 5.91 Å². The molecule has 140 valence electrons. The number of rotatable bonds is 6. The summed E-state index contributed by atoms with van der Waals surface area (Å²) in [5.74, 6) is 1.43. The topological polar surface area (TPSA) is 82.8 Å². The van der Waals surface area contributed by atoms with Crippen LogP contribution in [0.4, 0.5) is 0 Å². The van der Waals surface area contributed by atoms with Gasteiger partial charge in [0.05, 0.1) is 6.61 Å². The van der Waals surface area contributed by atoms with Crippen molar-refractivity contribution >= 4 is 18.3 Å². The number of nitrogens with one attached hydrogen (secondary N) is 1. The zero-order chi connectivity index (χ0) is 17.0. The van der Waals surface area contributed by atoms with Gasteiger partial charge in [0, 0.05) is 19.1 Å². The number of carbonyl (C=O) groups is 1. The number of hydrogen-bond donors (Lipinski definition) is 2. The Balaban J connectivity index is 0.00000225. The van der Waals surface area contributed by atoms with E-state index < -0.39 is 6.04 Å². The third-order valence-electron chi connectivity index (χ3n) is 5.00. The van der Waals surface area contributed by atoms with Gasteiger partial charge in [-0.2, -0.15) is 0 Å². The number of fused-ring (bicyclic) bond motifs is 1. The zero-order valence-corrected chi connectivity index (χ0v) is 15.4. The van der Waals surface area contributed by atoms with E-state index in [2.05, 4.69) is 17.4 Å². The first-order valence-corrected chi connectivity index (χ1v) is 8.57. The van der Waals surface area contributed by atoms with Crippen molar-refractivity contribution in [3.8, 4) is 11.5 Å². The molecule has 25 heavy (non-hydrogen) atoms. The first kappa shape index (κ1) is 19.8. The maximum Gasteiger partial charge on any atom is 0.239 e. The van der Waals surface area contributed by atoms with Gasteiger partial charge in [-0.15, -0.1) is 12.4 Å². The number of ether oxygens (including phenoxy) is 3. The van der Waals surface area contributed by atoms with Crippen LogP contribution in [-0.4, -0.2) is 45.4 Å². The molecule has 0 spiro atoms. The number of nitrogens with two attached hydrogens (primary N) is 1.